The Kier molecular flexibility index (Phi) is 2.84. The van der Waals surface area contributed by atoms with Crippen molar-refractivity contribution in [2.45, 2.75) is 30.7 Å². The second kappa shape index (κ2) is 3.56. The molecule has 0 aliphatic carbocycles. The SMILES string of the molecule is O=C(O)C1O[C@H](O)[C@@H](O)[C@@H](O)[C@@H]1O. The topological polar surface area (TPSA) is 127 Å². The Balaban J connectivity index is 2.76. The van der Waals surface area contributed by atoms with E-state index in [0.717, 1.165) is 0 Å². The molecule has 1 heterocycles. The third-order valence-corrected chi connectivity index (χ3v) is 1.83. The van der Waals surface area contributed by atoms with E-state index in [1.165, 1.54) is 0 Å². The van der Waals surface area contributed by atoms with Gasteiger partial charge in [0.05, 0.1) is 0 Å². The molecule has 7 heteroatoms. The van der Waals surface area contributed by atoms with Gasteiger partial charge in [-0.25, -0.2) is 4.79 Å². The Labute approximate surface area is 72.8 Å². The molecule has 1 aliphatic rings. The lowest BCUT2D eigenvalue weighted by atomic mass is 9.99. The summed E-state index contributed by atoms with van der Waals surface area (Å²) in [6.45, 7) is 0. The maximum Gasteiger partial charge on any atom is 0.335 e. The highest BCUT2D eigenvalue weighted by molar-refractivity contribution is 5.73. The van der Waals surface area contributed by atoms with Crippen LogP contribution in [-0.4, -0.2) is 62.2 Å². The predicted molar refractivity (Wildman–Crippen MR) is 36.5 cm³/mol. The first kappa shape index (κ1) is 10.4. The van der Waals surface area contributed by atoms with Gasteiger partial charge in [-0.05, 0) is 0 Å². The fourth-order valence-electron chi connectivity index (χ4n) is 1.07. The molecule has 0 bridgehead atoms. The van der Waals surface area contributed by atoms with E-state index in [9.17, 15) is 4.79 Å². The number of aliphatic hydroxyl groups excluding tert-OH is 4. The number of hydrogen-bond donors (Lipinski definition) is 5. The number of aliphatic hydroxyl groups is 4. The molecule has 5 N–H and O–H groups in total. The van der Waals surface area contributed by atoms with Crippen molar-refractivity contribution in [3.05, 3.63) is 0 Å². The monoisotopic (exact) mass is 194 g/mol. The van der Waals surface area contributed by atoms with E-state index in [1.807, 2.05) is 0 Å². The molecule has 1 aliphatic heterocycles. The Bertz CT molecular complexity index is 205. The van der Waals surface area contributed by atoms with Crippen LogP contribution in [0.25, 0.3) is 0 Å². The van der Waals surface area contributed by atoms with Gasteiger partial charge < -0.3 is 30.3 Å². The van der Waals surface area contributed by atoms with Crippen molar-refractivity contribution in [3.8, 4) is 0 Å². The van der Waals surface area contributed by atoms with Crippen LogP contribution in [0.2, 0.25) is 0 Å². The fourth-order valence-corrected chi connectivity index (χ4v) is 1.07. The number of carboxylic acid groups (broad SMARTS) is 1. The standard InChI is InChI=1S/C6H10O7/c7-1-2(8)4(5(10)11)13-6(12)3(1)9/h1-4,6-9,12H,(H,10,11)/t1-,2-,3-,4?,6-/m0/s1. The number of aliphatic carboxylic acids is 1. The van der Waals surface area contributed by atoms with Gasteiger partial charge in [-0.15, -0.1) is 0 Å². The number of ether oxygens (including phenoxy) is 1. The third kappa shape index (κ3) is 1.79. The van der Waals surface area contributed by atoms with Gasteiger partial charge in [-0.3, -0.25) is 0 Å². The molecule has 13 heavy (non-hydrogen) atoms. The highest BCUT2D eigenvalue weighted by atomic mass is 16.6. The van der Waals surface area contributed by atoms with Gasteiger partial charge in [-0.2, -0.15) is 0 Å². The van der Waals surface area contributed by atoms with Crippen LogP contribution < -0.4 is 0 Å². The minimum atomic E-state index is -1.81. The summed E-state index contributed by atoms with van der Waals surface area (Å²) in [5.74, 6) is -1.52. The molecular weight excluding hydrogens is 184 g/mol. The van der Waals surface area contributed by atoms with Crippen LogP contribution in [0.4, 0.5) is 0 Å². The van der Waals surface area contributed by atoms with Crippen LogP contribution >= 0.6 is 0 Å². The summed E-state index contributed by atoms with van der Waals surface area (Å²) in [5, 5.41) is 44.4. The van der Waals surface area contributed by atoms with Crippen molar-refractivity contribution in [2.24, 2.45) is 0 Å². The van der Waals surface area contributed by atoms with E-state index in [-0.39, 0.29) is 0 Å². The lowest BCUT2D eigenvalue weighted by Crippen LogP contribution is -2.59. The van der Waals surface area contributed by atoms with Crippen molar-refractivity contribution >= 4 is 5.97 Å². The van der Waals surface area contributed by atoms with Crippen LogP contribution in [0, 0.1) is 0 Å². The van der Waals surface area contributed by atoms with E-state index in [2.05, 4.69) is 4.74 Å². The minimum absolute atomic E-state index is 1.52. The molecule has 1 rings (SSSR count). The molecule has 0 saturated carbocycles. The van der Waals surface area contributed by atoms with Gasteiger partial charge >= 0.3 is 5.97 Å². The molecule has 1 saturated heterocycles. The van der Waals surface area contributed by atoms with E-state index >= 15 is 0 Å². The average molecular weight is 194 g/mol. The van der Waals surface area contributed by atoms with Gasteiger partial charge in [-0.1, -0.05) is 0 Å². The molecule has 0 aromatic heterocycles. The largest absolute Gasteiger partial charge is 0.479 e. The lowest BCUT2D eigenvalue weighted by molar-refractivity contribution is -0.279. The summed E-state index contributed by atoms with van der Waals surface area (Å²) < 4.78 is 4.34. The Morgan fingerprint density at radius 3 is 2.00 bits per heavy atom. The van der Waals surface area contributed by atoms with E-state index in [4.69, 9.17) is 25.5 Å². The minimum Gasteiger partial charge on any atom is -0.479 e. The normalized spacial score (nSPS) is 46.0. The molecule has 1 fully saturated rings. The fraction of sp³-hybridized carbons (Fsp3) is 0.833. The van der Waals surface area contributed by atoms with Crippen molar-refractivity contribution in [2.75, 3.05) is 0 Å². The maximum atomic E-state index is 10.4. The molecule has 7 nitrogen and oxygen atoms in total. The second-order valence-electron chi connectivity index (χ2n) is 2.76. The second-order valence-corrected chi connectivity index (χ2v) is 2.76. The third-order valence-electron chi connectivity index (χ3n) is 1.83. The van der Waals surface area contributed by atoms with Crippen LogP contribution in [0.3, 0.4) is 0 Å². The summed E-state index contributed by atoms with van der Waals surface area (Å²) in [5.41, 5.74) is 0. The molecule has 0 aromatic rings. The molecule has 76 valence electrons. The number of carboxylic acids is 1. The molecule has 1 unspecified atom stereocenters. The summed E-state index contributed by atoms with van der Waals surface area (Å²) in [7, 11) is 0. The van der Waals surface area contributed by atoms with Crippen LogP contribution in [0.1, 0.15) is 0 Å². The summed E-state index contributed by atoms with van der Waals surface area (Å²) >= 11 is 0. The highest BCUT2D eigenvalue weighted by Crippen LogP contribution is 2.19. The molecule has 0 spiro atoms. The van der Waals surface area contributed by atoms with E-state index in [0.29, 0.717) is 0 Å². The van der Waals surface area contributed by atoms with E-state index in [1.54, 1.807) is 0 Å². The molecular formula is C6H10O7. The van der Waals surface area contributed by atoms with Crippen molar-refractivity contribution in [1.82, 2.24) is 0 Å². The molecule has 0 amide bonds. The zero-order valence-electron chi connectivity index (χ0n) is 6.44. The van der Waals surface area contributed by atoms with Crippen molar-refractivity contribution in [3.63, 3.8) is 0 Å². The number of hydrogen-bond acceptors (Lipinski definition) is 6. The quantitative estimate of drug-likeness (QED) is 0.298. The van der Waals surface area contributed by atoms with Crippen LogP contribution in [-0.2, 0) is 9.53 Å². The van der Waals surface area contributed by atoms with Gasteiger partial charge in [0.2, 0.25) is 0 Å². The Hall–Kier alpha value is -0.730. The van der Waals surface area contributed by atoms with Gasteiger partial charge in [0, 0.05) is 0 Å². The number of carbonyl (C=O) groups is 1. The Morgan fingerprint density at radius 2 is 1.54 bits per heavy atom. The molecule has 0 aromatic carbocycles. The van der Waals surface area contributed by atoms with Gasteiger partial charge in [0.1, 0.15) is 18.3 Å². The molecule has 5 atom stereocenters. The first-order chi connectivity index (χ1) is 5.95. The maximum absolute atomic E-state index is 10.4. The van der Waals surface area contributed by atoms with Gasteiger partial charge in [0.25, 0.3) is 0 Å². The van der Waals surface area contributed by atoms with E-state index < -0.39 is 36.7 Å². The summed E-state index contributed by atoms with van der Waals surface area (Å²) in [6.07, 6.45) is -8.72. The first-order valence-electron chi connectivity index (χ1n) is 3.55. The Morgan fingerprint density at radius 1 is 1.00 bits per heavy atom. The zero-order valence-corrected chi connectivity index (χ0v) is 6.44. The van der Waals surface area contributed by atoms with Crippen LogP contribution in [0.15, 0.2) is 0 Å². The highest BCUT2D eigenvalue weighted by Gasteiger charge is 2.46. The number of rotatable bonds is 1. The summed E-state index contributed by atoms with van der Waals surface area (Å²) in [6, 6.07) is 0. The van der Waals surface area contributed by atoms with Crippen molar-refractivity contribution < 1.29 is 35.1 Å². The van der Waals surface area contributed by atoms with Gasteiger partial charge in [0.15, 0.2) is 12.4 Å². The average Bonchev–Trinajstić information content (AvgIpc) is 2.07. The lowest BCUT2D eigenvalue weighted by Gasteiger charge is -2.36. The van der Waals surface area contributed by atoms with Crippen LogP contribution in [0.5, 0.6) is 0 Å². The summed E-state index contributed by atoms with van der Waals surface area (Å²) in [4.78, 5) is 10.4. The zero-order chi connectivity index (χ0) is 10.2. The van der Waals surface area contributed by atoms with Crippen molar-refractivity contribution in [1.29, 1.82) is 0 Å². The smallest absolute Gasteiger partial charge is 0.335 e. The first-order valence-corrected chi connectivity index (χ1v) is 3.55. The molecule has 0 radical (unpaired) electrons. The predicted octanol–water partition coefficient (Wildman–Crippen LogP) is -3.13.